The molecular weight excluding hydrogens is 436 g/mol. The predicted molar refractivity (Wildman–Crippen MR) is 105 cm³/mol. The van der Waals surface area contributed by atoms with E-state index in [4.69, 9.17) is 9.11 Å². The molecule has 8 N–H and O–H groups in total. The normalized spacial score (nSPS) is 18.1. The van der Waals surface area contributed by atoms with Crippen LogP contribution in [0, 0.1) is 11.8 Å². The molecule has 0 spiro atoms. The highest BCUT2D eigenvalue weighted by Gasteiger charge is 2.16. The van der Waals surface area contributed by atoms with Crippen molar-refractivity contribution in [3.05, 3.63) is 0 Å². The molecular formula is C12H28N6O9S2. The highest BCUT2D eigenvalue weighted by Crippen LogP contribution is 2.04. The fraction of sp³-hybridized carbons (Fsp3) is 0.833. The van der Waals surface area contributed by atoms with Crippen molar-refractivity contribution in [2.75, 3.05) is 39.3 Å². The van der Waals surface area contributed by atoms with E-state index in [1.54, 1.807) is 0 Å². The molecule has 2 unspecified atom stereocenters. The highest BCUT2D eigenvalue weighted by atomic mass is 32.3. The van der Waals surface area contributed by atoms with E-state index in [1.807, 2.05) is 0 Å². The van der Waals surface area contributed by atoms with Crippen LogP contribution in [0.25, 0.3) is 0 Å². The number of nitrogens with one attached hydrogen (secondary N) is 2. The summed E-state index contributed by atoms with van der Waals surface area (Å²) in [5.74, 6) is 2.83. The van der Waals surface area contributed by atoms with Gasteiger partial charge in [0, 0.05) is 24.9 Å². The molecule has 2 rings (SSSR count). The van der Waals surface area contributed by atoms with Crippen LogP contribution in [0.1, 0.15) is 13.8 Å². The maximum Gasteiger partial charge on any atom is 0.413 e. The van der Waals surface area contributed by atoms with Gasteiger partial charge in [-0.2, -0.15) is 27.1 Å². The Morgan fingerprint density at radius 3 is 1.45 bits per heavy atom. The van der Waals surface area contributed by atoms with E-state index in [2.05, 4.69) is 48.3 Å². The first-order valence-corrected chi connectivity index (χ1v) is 10.8. The van der Waals surface area contributed by atoms with E-state index in [0.717, 1.165) is 37.9 Å². The van der Waals surface area contributed by atoms with Gasteiger partial charge >= 0.3 is 20.8 Å². The lowest BCUT2D eigenvalue weighted by atomic mass is 10.1. The Bertz CT molecular complexity index is 718. The first-order valence-electron chi connectivity index (χ1n) is 8.03. The Balaban J connectivity index is 0. The second kappa shape index (κ2) is 13.5. The smallest absolute Gasteiger partial charge is 0.412 e. The first-order chi connectivity index (χ1) is 12.5. The number of hydrogen-bond acceptors (Lipinski definition) is 11. The lowest BCUT2D eigenvalue weighted by molar-refractivity contribution is 0.344. The van der Waals surface area contributed by atoms with Gasteiger partial charge in [-0.25, -0.2) is 0 Å². The molecule has 0 aromatic rings. The fourth-order valence-electron chi connectivity index (χ4n) is 2.13. The van der Waals surface area contributed by atoms with Crippen LogP contribution in [0.3, 0.4) is 0 Å². The fourth-order valence-corrected chi connectivity index (χ4v) is 3.00. The van der Waals surface area contributed by atoms with Crippen molar-refractivity contribution in [2.45, 2.75) is 13.8 Å². The first kappa shape index (κ1) is 29.4. The zero-order chi connectivity index (χ0) is 20.5. The van der Waals surface area contributed by atoms with Gasteiger partial charge in [0.15, 0.2) is 0 Å². The van der Waals surface area contributed by atoms with Crippen molar-refractivity contribution in [3.8, 4) is 0 Å². The number of rotatable bonds is 8. The minimum absolute atomic E-state index is 0. The molecule has 17 heteroatoms. The number of nitrogens with zero attached hydrogens (tertiary/aromatic N) is 4. The number of amidine groups is 2. The molecule has 0 aliphatic carbocycles. The summed E-state index contributed by atoms with van der Waals surface area (Å²) in [5, 5.41) is 15.0. The lowest BCUT2D eigenvalue weighted by Gasteiger charge is -2.09. The van der Waals surface area contributed by atoms with Crippen molar-refractivity contribution in [1.29, 1.82) is 0 Å². The van der Waals surface area contributed by atoms with Crippen LogP contribution in [0.5, 0.6) is 0 Å². The van der Waals surface area contributed by atoms with Crippen LogP contribution in [0.2, 0.25) is 0 Å². The summed E-state index contributed by atoms with van der Waals surface area (Å²) in [6, 6.07) is 0. The van der Waals surface area contributed by atoms with E-state index in [-0.39, 0.29) is 11.0 Å². The van der Waals surface area contributed by atoms with E-state index >= 15 is 0 Å². The Kier molecular flexibility index (Phi) is 13.7. The second-order valence-electron chi connectivity index (χ2n) is 5.76. The van der Waals surface area contributed by atoms with Crippen LogP contribution in [0.4, 0.5) is 0 Å². The maximum absolute atomic E-state index is 9.44. The molecule has 172 valence electrons. The molecule has 0 saturated carbocycles. The summed E-state index contributed by atoms with van der Waals surface area (Å²) < 4.78 is 55.6. The van der Waals surface area contributed by atoms with E-state index in [9.17, 15) is 16.8 Å². The van der Waals surface area contributed by atoms with Gasteiger partial charge in [0.05, 0.1) is 26.2 Å². The van der Waals surface area contributed by atoms with Gasteiger partial charge in [-0.05, 0) is 0 Å². The molecule has 0 saturated heterocycles. The van der Waals surface area contributed by atoms with Crippen LogP contribution < -0.4 is 10.6 Å². The molecule has 29 heavy (non-hydrogen) atoms. The van der Waals surface area contributed by atoms with Crippen LogP contribution >= 0.6 is 0 Å². The van der Waals surface area contributed by atoms with Gasteiger partial charge < -0.3 is 21.6 Å². The van der Waals surface area contributed by atoms with Crippen molar-refractivity contribution < 1.29 is 40.5 Å². The molecule has 0 aromatic heterocycles. The lowest BCUT2D eigenvalue weighted by Crippen LogP contribution is -2.27. The third-order valence-corrected chi connectivity index (χ3v) is 4.69. The molecule has 2 aliphatic rings. The number of aliphatic imine (C=N–C) groups is 2. The molecule has 2 atom stereocenters. The Morgan fingerprint density at radius 2 is 1.24 bits per heavy atom. The van der Waals surface area contributed by atoms with Gasteiger partial charge in [0.1, 0.15) is 11.7 Å². The summed E-state index contributed by atoms with van der Waals surface area (Å²) in [4.78, 5) is 8.77. The minimum atomic E-state index is -5.12. The molecule has 0 bridgehead atoms. The summed E-state index contributed by atoms with van der Waals surface area (Å²) in [7, 11) is -10.2. The zero-order valence-electron chi connectivity index (χ0n) is 15.9. The highest BCUT2D eigenvalue weighted by molar-refractivity contribution is 7.94. The van der Waals surface area contributed by atoms with Crippen molar-refractivity contribution in [2.24, 2.45) is 32.0 Å². The zero-order valence-corrected chi connectivity index (χ0v) is 17.6. The molecule has 0 aromatic carbocycles. The van der Waals surface area contributed by atoms with Gasteiger partial charge in [0.2, 0.25) is 0 Å². The standard InChI is InChI=1S/C12H22N6.H2O7S2.2H2O/c1-9(11-13-3-4-14-11)7-17-18-8-10(2)12-15-5-6-16-12;1-8(2,3)7-9(4,5)6;;/h9-10H,3-8H2,1-2H3,(H,13,14)(H,15,16);(H,1,2,3)(H,4,5,6);2*1H2. The topological polar surface area (TPSA) is 254 Å². The van der Waals surface area contributed by atoms with Gasteiger partial charge in [-0.3, -0.25) is 19.1 Å². The van der Waals surface area contributed by atoms with Gasteiger partial charge in [0.25, 0.3) is 0 Å². The van der Waals surface area contributed by atoms with E-state index in [0.29, 0.717) is 24.9 Å². The Labute approximate surface area is 169 Å². The van der Waals surface area contributed by atoms with Crippen molar-refractivity contribution in [1.82, 2.24) is 10.6 Å². The average molecular weight is 465 g/mol. The summed E-state index contributed by atoms with van der Waals surface area (Å²) in [5.41, 5.74) is 0. The molecule has 0 amide bonds. The SMILES string of the molecule is CC(CN=NCC(C)C1=NCCN1)C1=NCCN1.O.O.O=S(=O)(O)OS(=O)(=O)O. The second-order valence-corrected chi connectivity index (χ2v) is 8.02. The minimum Gasteiger partial charge on any atom is -0.412 e. The molecule has 2 aliphatic heterocycles. The predicted octanol–water partition coefficient (Wildman–Crippen LogP) is -2.33. The van der Waals surface area contributed by atoms with Crippen LogP contribution in [-0.4, -0.2) is 87.8 Å². The Morgan fingerprint density at radius 1 is 0.897 bits per heavy atom. The van der Waals surface area contributed by atoms with Gasteiger partial charge in [-0.1, -0.05) is 13.8 Å². The molecule has 0 radical (unpaired) electrons. The summed E-state index contributed by atoms with van der Waals surface area (Å²) >= 11 is 0. The molecule has 2 heterocycles. The van der Waals surface area contributed by atoms with Crippen molar-refractivity contribution >= 4 is 32.5 Å². The summed E-state index contributed by atoms with van der Waals surface area (Å²) in [6.07, 6.45) is 0. The third kappa shape index (κ3) is 14.0. The van der Waals surface area contributed by atoms with E-state index in [1.165, 1.54) is 0 Å². The Hall–Kier alpha value is -1.76. The third-order valence-electron chi connectivity index (χ3n) is 3.32. The van der Waals surface area contributed by atoms with Gasteiger partial charge in [-0.15, -0.1) is 3.63 Å². The van der Waals surface area contributed by atoms with E-state index < -0.39 is 20.8 Å². The molecule has 15 nitrogen and oxygen atoms in total. The quantitative estimate of drug-likeness (QED) is 0.221. The number of azo groups is 1. The molecule has 0 fully saturated rings. The largest absolute Gasteiger partial charge is 0.413 e. The van der Waals surface area contributed by atoms with Crippen molar-refractivity contribution in [3.63, 3.8) is 0 Å². The van der Waals surface area contributed by atoms with Crippen LogP contribution in [-0.2, 0) is 24.4 Å². The number of hydrogen-bond donors (Lipinski definition) is 4. The monoisotopic (exact) mass is 464 g/mol. The maximum atomic E-state index is 9.44. The summed E-state index contributed by atoms with van der Waals surface area (Å²) in [6.45, 7) is 9.36. The van der Waals surface area contributed by atoms with Crippen LogP contribution in [0.15, 0.2) is 20.2 Å². The average Bonchev–Trinajstić information content (AvgIpc) is 3.20.